The van der Waals surface area contributed by atoms with Crippen molar-refractivity contribution in [2.75, 3.05) is 40.1 Å². The van der Waals surface area contributed by atoms with E-state index in [2.05, 4.69) is 5.73 Å². The third-order valence-corrected chi connectivity index (χ3v) is 1.57. The molecule has 22 heavy (non-hydrogen) atoms. The molecule has 0 spiro atoms. The van der Waals surface area contributed by atoms with Crippen molar-refractivity contribution in [2.45, 2.75) is 77.5 Å². The minimum atomic E-state index is 0. The van der Waals surface area contributed by atoms with Gasteiger partial charge in [0.15, 0.2) is 0 Å². The second-order valence-corrected chi connectivity index (χ2v) is 3.39. The van der Waals surface area contributed by atoms with Crippen LogP contribution >= 0.6 is 0 Å². The van der Waals surface area contributed by atoms with Crippen molar-refractivity contribution in [2.24, 2.45) is 11.5 Å². The van der Waals surface area contributed by atoms with Crippen LogP contribution in [-0.4, -0.2) is 52.2 Å². The molecule has 0 aromatic heterocycles. The summed E-state index contributed by atoms with van der Waals surface area (Å²) in [5.74, 6) is 0. The standard InChI is InChI=1S/C10H23NO3.CH5N.6CH4/c1-4-12-5-6-13-8-10(3)14-7-9(2)11;1-2;;;;;;/h9-10H,4-8,11H2,1-3H3;2H2,1H3;6*1H4. The van der Waals surface area contributed by atoms with Gasteiger partial charge in [0.2, 0.25) is 0 Å². The Morgan fingerprint density at radius 3 is 1.55 bits per heavy atom. The van der Waals surface area contributed by atoms with Gasteiger partial charge in [0.25, 0.3) is 0 Å². The SMILES string of the molecule is C.C.C.C.C.C.CCOCCOCC(C)OCC(C)N.CN. The zero-order valence-corrected chi connectivity index (χ0v) is 11.1. The lowest BCUT2D eigenvalue weighted by molar-refractivity contribution is -0.0247. The number of rotatable bonds is 9. The van der Waals surface area contributed by atoms with E-state index in [0.29, 0.717) is 26.4 Å². The minimum absolute atomic E-state index is 0. The minimum Gasteiger partial charge on any atom is -0.379 e. The fourth-order valence-corrected chi connectivity index (χ4v) is 0.876. The molecule has 4 N–H and O–H groups in total. The van der Waals surface area contributed by atoms with Crippen LogP contribution in [-0.2, 0) is 14.2 Å². The van der Waals surface area contributed by atoms with Crippen LogP contribution in [0.15, 0.2) is 0 Å². The quantitative estimate of drug-likeness (QED) is 0.619. The van der Waals surface area contributed by atoms with Crippen LogP contribution in [0, 0.1) is 0 Å². The number of hydrogen-bond donors (Lipinski definition) is 2. The van der Waals surface area contributed by atoms with Crippen LogP contribution in [0.5, 0.6) is 0 Å². The molecule has 0 aliphatic heterocycles. The summed E-state index contributed by atoms with van der Waals surface area (Å²) in [6, 6.07) is 0.0841. The summed E-state index contributed by atoms with van der Waals surface area (Å²) in [5, 5.41) is 0. The van der Waals surface area contributed by atoms with Crippen molar-refractivity contribution in [1.29, 1.82) is 0 Å². The summed E-state index contributed by atoms with van der Waals surface area (Å²) in [4.78, 5) is 0. The van der Waals surface area contributed by atoms with Gasteiger partial charge in [-0.15, -0.1) is 0 Å². The van der Waals surface area contributed by atoms with Crippen LogP contribution in [0.1, 0.15) is 65.3 Å². The van der Waals surface area contributed by atoms with Crippen LogP contribution in [0.2, 0.25) is 0 Å². The predicted molar refractivity (Wildman–Crippen MR) is 107 cm³/mol. The van der Waals surface area contributed by atoms with Crippen molar-refractivity contribution in [3.63, 3.8) is 0 Å². The van der Waals surface area contributed by atoms with Gasteiger partial charge in [0, 0.05) is 12.6 Å². The molecule has 0 radical (unpaired) electrons. The van der Waals surface area contributed by atoms with Gasteiger partial charge in [-0.25, -0.2) is 0 Å². The average molecular weight is 333 g/mol. The molecule has 0 heterocycles. The molecule has 2 atom stereocenters. The molecule has 148 valence electrons. The van der Waals surface area contributed by atoms with Crippen molar-refractivity contribution in [1.82, 2.24) is 0 Å². The molecule has 0 aliphatic rings. The van der Waals surface area contributed by atoms with Gasteiger partial charge in [-0.2, -0.15) is 0 Å². The first-order valence-electron chi connectivity index (χ1n) is 5.77. The Labute approximate surface area is 144 Å². The first-order chi connectivity index (χ1) is 7.66. The Balaban J connectivity index is -0.0000000391. The molecule has 5 heteroatoms. The second kappa shape index (κ2) is 42.8. The topological polar surface area (TPSA) is 79.7 Å². The zero-order chi connectivity index (χ0) is 12.8. The van der Waals surface area contributed by atoms with Gasteiger partial charge in [-0.3, -0.25) is 0 Å². The van der Waals surface area contributed by atoms with Crippen LogP contribution in [0.25, 0.3) is 0 Å². The van der Waals surface area contributed by atoms with Crippen molar-refractivity contribution < 1.29 is 14.2 Å². The average Bonchev–Trinajstić information content (AvgIpc) is 2.29. The first kappa shape index (κ1) is 49.5. The molecule has 2 unspecified atom stereocenters. The largest absolute Gasteiger partial charge is 0.379 e. The lowest BCUT2D eigenvalue weighted by Crippen LogP contribution is -2.27. The highest BCUT2D eigenvalue weighted by Gasteiger charge is 2.03. The molecule has 0 fully saturated rings. The van der Waals surface area contributed by atoms with Gasteiger partial charge in [0.1, 0.15) is 0 Å². The van der Waals surface area contributed by atoms with E-state index in [1.807, 2.05) is 20.8 Å². The van der Waals surface area contributed by atoms with Gasteiger partial charge in [-0.05, 0) is 27.8 Å². The van der Waals surface area contributed by atoms with E-state index < -0.39 is 0 Å². The molecule has 0 aromatic rings. The van der Waals surface area contributed by atoms with E-state index in [-0.39, 0.29) is 56.7 Å². The normalized spacial score (nSPS) is 10.1. The molecular weight excluding hydrogens is 280 g/mol. The summed E-state index contributed by atoms with van der Waals surface area (Å²) < 4.78 is 15.9. The predicted octanol–water partition coefficient (Wildman–Crippen LogP) is 4.18. The number of hydrogen-bond acceptors (Lipinski definition) is 5. The molecule has 0 saturated carbocycles. The Bertz CT molecular complexity index is 126. The monoisotopic (exact) mass is 332 g/mol. The van der Waals surface area contributed by atoms with E-state index in [1.165, 1.54) is 7.05 Å². The lowest BCUT2D eigenvalue weighted by atomic mass is 10.4. The number of ether oxygens (including phenoxy) is 3. The third-order valence-electron chi connectivity index (χ3n) is 1.57. The van der Waals surface area contributed by atoms with Gasteiger partial charge >= 0.3 is 0 Å². The summed E-state index contributed by atoms with van der Waals surface area (Å²) in [6.45, 7) is 9.05. The summed E-state index contributed by atoms with van der Waals surface area (Å²) >= 11 is 0. The fourth-order valence-electron chi connectivity index (χ4n) is 0.876. The highest BCUT2D eigenvalue weighted by atomic mass is 16.5. The summed E-state index contributed by atoms with van der Waals surface area (Å²) in [6.07, 6.45) is 0.0997. The molecule has 0 amide bonds. The van der Waals surface area contributed by atoms with E-state index in [0.717, 1.165) is 6.61 Å². The number of nitrogens with two attached hydrogens (primary N) is 2. The molecule has 0 aliphatic carbocycles. The maximum atomic E-state index is 5.55. The van der Waals surface area contributed by atoms with E-state index in [4.69, 9.17) is 19.9 Å². The van der Waals surface area contributed by atoms with Crippen LogP contribution < -0.4 is 11.5 Å². The van der Waals surface area contributed by atoms with Crippen molar-refractivity contribution >= 4 is 0 Å². The van der Waals surface area contributed by atoms with E-state index >= 15 is 0 Å². The van der Waals surface area contributed by atoms with Crippen LogP contribution in [0.4, 0.5) is 0 Å². The lowest BCUT2D eigenvalue weighted by Gasteiger charge is -2.14. The Kier molecular flexibility index (Phi) is 96.4. The maximum Gasteiger partial charge on any atom is 0.0781 e. The molecule has 0 bridgehead atoms. The highest BCUT2D eigenvalue weighted by molar-refractivity contribution is 4.53. The zero-order valence-electron chi connectivity index (χ0n) is 11.1. The Morgan fingerprint density at radius 2 is 1.18 bits per heavy atom. The summed E-state index contributed by atoms with van der Waals surface area (Å²) in [7, 11) is 1.50. The van der Waals surface area contributed by atoms with E-state index in [9.17, 15) is 0 Å². The molecule has 5 nitrogen and oxygen atoms in total. The van der Waals surface area contributed by atoms with Gasteiger partial charge in [0.05, 0.1) is 32.5 Å². The Morgan fingerprint density at radius 1 is 0.773 bits per heavy atom. The Hall–Kier alpha value is -0.200. The van der Waals surface area contributed by atoms with E-state index in [1.54, 1.807) is 0 Å². The molecule has 0 rings (SSSR count). The van der Waals surface area contributed by atoms with Crippen molar-refractivity contribution in [3.8, 4) is 0 Å². The molecular formula is C17H52N2O3. The van der Waals surface area contributed by atoms with Gasteiger partial charge < -0.3 is 25.7 Å². The molecule has 0 saturated heterocycles. The first-order valence-corrected chi connectivity index (χ1v) is 5.77. The third kappa shape index (κ3) is 50.3. The second-order valence-electron chi connectivity index (χ2n) is 3.39. The van der Waals surface area contributed by atoms with Crippen molar-refractivity contribution in [3.05, 3.63) is 0 Å². The van der Waals surface area contributed by atoms with Gasteiger partial charge in [-0.1, -0.05) is 44.6 Å². The smallest absolute Gasteiger partial charge is 0.0781 e. The fraction of sp³-hybridized carbons (Fsp3) is 1.00. The summed E-state index contributed by atoms with van der Waals surface area (Å²) in [5.41, 5.74) is 10.0. The molecule has 0 aromatic carbocycles. The van der Waals surface area contributed by atoms with Crippen LogP contribution in [0.3, 0.4) is 0 Å². The highest BCUT2D eigenvalue weighted by Crippen LogP contribution is 1.93. The maximum absolute atomic E-state index is 5.55.